The number of likely N-dealkylation sites (N-methyl/N-ethyl adjacent to an activating group) is 1. The van der Waals surface area contributed by atoms with Gasteiger partial charge in [-0.15, -0.1) is 0 Å². The summed E-state index contributed by atoms with van der Waals surface area (Å²) < 4.78 is 7.56. The van der Waals surface area contributed by atoms with Gasteiger partial charge in [0.1, 0.15) is 5.60 Å². The number of ether oxygens (including phenoxy) is 1. The predicted molar refractivity (Wildman–Crippen MR) is 76.9 cm³/mol. The average molecular weight is 286 g/mol. The first-order valence-corrected chi connectivity index (χ1v) is 7.23. The lowest BCUT2D eigenvalue weighted by Gasteiger charge is -2.22. The van der Waals surface area contributed by atoms with E-state index in [1.165, 1.54) is 0 Å². The SMILES string of the molecule is CN1CC2(CCN(Cc3cccc4ccnn34)C2)OC1=O. The van der Waals surface area contributed by atoms with Gasteiger partial charge in [-0.2, -0.15) is 5.10 Å². The number of carbonyl (C=O) groups excluding carboxylic acids is 1. The van der Waals surface area contributed by atoms with Gasteiger partial charge in [-0.3, -0.25) is 4.90 Å². The molecule has 1 amide bonds. The van der Waals surface area contributed by atoms with Crippen LogP contribution in [0.5, 0.6) is 0 Å². The van der Waals surface area contributed by atoms with E-state index in [-0.39, 0.29) is 11.7 Å². The fourth-order valence-corrected chi connectivity index (χ4v) is 3.42. The zero-order chi connectivity index (χ0) is 14.4. The molecule has 6 nitrogen and oxygen atoms in total. The van der Waals surface area contributed by atoms with Crippen LogP contribution in [0.25, 0.3) is 5.52 Å². The van der Waals surface area contributed by atoms with E-state index >= 15 is 0 Å². The van der Waals surface area contributed by atoms with Crippen LogP contribution in [0.15, 0.2) is 30.5 Å². The molecule has 110 valence electrons. The fourth-order valence-electron chi connectivity index (χ4n) is 3.42. The Balaban J connectivity index is 1.52. The van der Waals surface area contributed by atoms with E-state index in [0.717, 1.165) is 37.3 Å². The van der Waals surface area contributed by atoms with Crippen molar-refractivity contribution in [1.29, 1.82) is 0 Å². The molecule has 2 fully saturated rings. The second kappa shape index (κ2) is 4.46. The van der Waals surface area contributed by atoms with E-state index in [4.69, 9.17) is 4.74 Å². The van der Waals surface area contributed by atoms with Crippen LogP contribution >= 0.6 is 0 Å². The van der Waals surface area contributed by atoms with Crippen LogP contribution in [0.4, 0.5) is 4.79 Å². The predicted octanol–water partition coefficient (Wildman–Crippen LogP) is 1.36. The van der Waals surface area contributed by atoms with E-state index in [1.54, 1.807) is 11.9 Å². The molecule has 0 radical (unpaired) electrons. The summed E-state index contributed by atoms with van der Waals surface area (Å²) in [6.45, 7) is 3.25. The Morgan fingerprint density at radius 2 is 2.24 bits per heavy atom. The van der Waals surface area contributed by atoms with Gasteiger partial charge >= 0.3 is 6.09 Å². The average Bonchev–Trinajstić information content (AvgIpc) is 3.12. The molecule has 2 aliphatic rings. The van der Waals surface area contributed by atoms with Crippen molar-refractivity contribution in [3.8, 4) is 0 Å². The minimum absolute atomic E-state index is 0.203. The van der Waals surface area contributed by atoms with E-state index in [9.17, 15) is 4.79 Å². The number of nitrogens with zero attached hydrogens (tertiary/aromatic N) is 4. The molecule has 0 aromatic carbocycles. The molecule has 2 saturated heterocycles. The van der Waals surface area contributed by atoms with Crippen LogP contribution in [-0.4, -0.2) is 57.8 Å². The van der Waals surface area contributed by atoms with E-state index < -0.39 is 0 Å². The maximum atomic E-state index is 11.6. The Morgan fingerprint density at radius 1 is 1.33 bits per heavy atom. The number of hydrogen-bond donors (Lipinski definition) is 0. The van der Waals surface area contributed by atoms with Gasteiger partial charge in [0.05, 0.1) is 17.8 Å². The second-order valence-corrected chi connectivity index (χ2v) is 6.05. The third kappa shape index (κ3) is 2.06. The highest BCUT2D eigenvalue weighted by atomic mass is 16.6. The van der Waals surface area contributed by atoms with Gasteiger partial charge in [0.25, 0.3) is 0 Å². The molecule has 0 N–H and O–H groups in total. The second-order valence-electron chi connectivity index (χ2n) is 6.05. The number of pyridine rings is 1. The third-order valence-corrected chi connectivity index (χ3v) is 4.42. The van der Waals surface area contributed by atoms with Crippen molar-refractivity contribution >= 4 is 11.6 Å². The highest BCUT2D eigenvalue weighted by Gasteiger charge is 2.48. The van der Waals surface area contributed by atoms with Crippen molar-refractivity contribution in [1.82, 2.24) is 19.4 Å². The van der Waals surface area contributed by atoms with Crippen LogP contribution in [-0.2, 0) is 11.3 Å². The molecule has 2 aromatic rings. The summed E-state index contributed by atoms with van der Waals surface area (Å²) in [7, 11) is 1.80. The molecule has 2 aliphatic heterocycles. The fraction of sp³-hybridized carbons (Fsp3) is 0.467. The highest BCUT2D eigenvalue weighted by Crippen LogP contribution is 2.32. The Hall–Kier alpha value is -2.08. The number of rotatable bonds is 2. The molecule has 4 rings (SSSR count). The van der Waals surface area contributed by atoms with Gasteiger partial charge in [-0.1, -0.05) is 6.07 Å². The summed E-state index contributed by atoms with van der Waals surface area (Å²) in [5.74, 6) is 0. The zero-order valence-corrected chi connectivity index (χ0v) is 12.0. The van der Waals surface area contributed by atoms with Crippen LogP contribution in [0.1, 0.15) is 12.1 Å². The number of carbonyl (C=O) groups is 1. The van der Waals surface area contributed by atoms with Crippen LogP contribution in [0.2, 0.25) is 0 Å². The lowest BCUT2D eigenvalue weighted by atomic mass is 10.0. The van der Waals surface area contributed by atoms with Gasteiger partial charge in [0, 0.05) is 39.3 Å². The maximum Gasteiger partial charge on any atom is 0.410 e. The van der Waals surface area contributed by atoms with Crippen molar-refractivity contribution in [3.05, 3.63) is 36.2 Å². The lowest BCUT2D eigenvalue weighted by molar-refractivity contribution is 0.0625. The molecule has 0 bridgehead atoms. The van der Waals surface area contributed by atoms with Gasteiger partial charge in [-0.05, 0) is 18.2 Å². The van der Waals surface area contributed by atoms with Crippen molar-refractivity contribution in [2.75, 3.05) is 26.7 Å². The number of amides is 1. The lowest BCUT2D eigenvalue weighted by Crippen LogP contribution is -2.37. The molecule has 21 heavy (non-hydrogen) atoms. The smallest absolute Gasteiger partial charge is 0.410 e. The first kappa shape index (κ1) is 12.6. The summed E-state index contributed by atoms with van der Waals surface area (Å²) in [6.07, 6.45) is 2.52. The Bertz CT molecular complexity index is 698. The summed E-state index contributed by atoms with van der Waals surface area (Å²) >= 11 is 0. The molecule has 2 aromatic heterocycles. The molecule has 1 spiro atoms. The minimum Gasteiger partial charge on any atom is -0.439 e. The Labute approximate surface area is 122 Å². The van der Waals surface area contributed by atoms with E-state index in [1.807, 2.05) is 16.8 Å². The molecule has 0 aliphatic carbocycles. The van der Waals surface area contributed by atoms with Gasteiger partial charge in [0.15, 0.2) is 0 Å². The van der Waals surface area contributed by atoms with Crippen LogP contribution in [0.3, 0.4) is 0 Å². The molecule has 0 saturated carbocycles. The van der Waals surface area contributed by atoms with E-state index in [2.05, 4.69) is 28.2 Å². The number of fused-ring (bicyclic) bond motifs is 1. The zero-order valence-electron chi connectivity index (χ0n) is 12.0. The molecule has 1 unspecified atom stereocenters. The first-order chi connectivity index (χ1) is 10.2. The summed E-state index contributed by atoms with van der Waals surface area (Å²) in [5.41, 5.74) is 1.95. The standard InChI is InChI=1S/C15H18N4O2/c1-17-10-15(21-14(17)20)6-8-18(11-15)9-13-4-2-3-12-5-7-16-19(12)13/h2-5,7H,6,8-11H2,1H3. The van der Waals surface area contributed by atoms with Crippen molar-refractivity contribution in [3.63, 3.8) is 0 Å². The van der Waals surface area contributed by atoms with Gasteiger partial charge in [-0.25, -0.2) is 9.31 Å². The highest BCUT2D eigenvalue weighted by molar-refractivity contribution is 5.70. The monoisotopic (exact) mass is 286 g/mol. The van der Waals surface area contributed by atoms with Gasteiger partial charge in [0.2, 0.25) is 0 Å². The summed E-state index contributed by atoms with van der Waals surface area (Å²) in [6, 6.07) is 8.21. The molecular formula is C15H18N4O2. The van der Waals surface area contributed by atoms with E-state index in [0.29, 0.717) is 6.54 Å². The quantitative estimate of drug-likeness (QED) is 0.836. The number of likely N-dealkylation sites (tertiary alicyclic amines) is 1. The molecular weight excluding hydrogens is 268 g/mol. The largest absolute Gasteiger partial charge is 0.439 e. The van der Waals surface area contributed by atoms with Crippen molar-refractivity contribution in [2.24, 2.45) is 0 Å². The van der Waals surface area contributed by atoms with Crippen molar-refractivity contribution in [2.45, 2.75) is 18.6 Å². The summed E-state index contributed by atoms with van der Waals surface area (Å²) in [5, 5.41) is 4.37. The molecule has 4 heterocycles. The van der Waals surface area contributed by atoms with Crippen LogP contribution in [0, 0.1) is 0 Å². The molecule has 6 heteroatoms. The number of hydrogen-bond acceptors (Lipinski definition) is 4. The number of aromatic nitrogens is 2. The van der Waals surface area contributed by atoms with Crippen molar-refractivity contribution < 1.29 is 9.53 Å². The Kier molecular flexibility index (Phi) is 2.68. The maximum absolute atomic E-state index is 11.6. The summed E-state index contributed by atoms with van der Waals surface area (Å²) in [4.78, 5) is 15.6. The molecule has 1 atom stereocenters. The van der Waals surface area contributed by atoms with Gasteiger partial charge < -0.3 is 9.64 Å². The third-order valence-electron chi connectivity index (χ3n) is 4.42. The first-order valence-electron chi connectivity index (χ1n) is 7.23. The Morgan fingerprint density at radius 3 is 3.05 bits per heavy atom. The topological polar surface area (TPSA) is 50.1 Å². The normalized spacial score (nSPS) is 26.1. The van der Waals surface area contributed by atoms with Crippen LogP contribution < -0.4 is 0 Å². The minimum atomic E-state index is -0.316.